The number of aryl methyl sites for hydroxylation is 1. The Hall–Kier alpha value is -1.89. The van der Waals surface area contributed by atoms with Gasteiger partial charge in [0.15, 0.2) is 0 Å². The molecular weight excluding hydrogens is 340 g/mol. The first-order chi connectivity index (χ1) is 11.7. The number of aromatic nitrogens is 2. The summed E-state index contributed by atoms with van der Waals surface area (Å²) in [7, 11) is 1.85. The highest BCUT2D eigenvalue weighted by atomic mass is 35.5. The van der Waals surface area contributed by atoms with E-state index in [-0.39, 0.29) is 24.4 Å². The van der Waals surface area contributed by atoms with Crippen LogP contribution in [0, 0.1) is 0 Å². The molecule has 1 aliphatic rings. The van der Waals surface area contributed by atoms with Crippen molar-refractivity contribution < 1.29 is 9.53 Å². The maximum Gasteiger partial charge on any atom is 0.241 e. The smallest absolute Gasteiger partial charge is 0.241 e. The molecule has 6 nitrogen and oxygen atoms in total. The van der Waals surface area contributed by atoms with Crippen molar-refractivity contribution >= 4 is 18.3 Å². The minimum atomic E-state index is -0.208. The molecule has 1 saturated heterocycles. The van der Waals surface area contributed by atoms with Crippen molar-refractivity contribution in [2.45, 2.75) is 18.9 Å². The number of ether oxygens (including phenoxy) is 1. The molecule has 7 heteroatoms. The predicted octanol–water partition coefficient (Wildman–Crippen LogP) is 1.88. The van der Waals surface area contributed by atoms with Crippen LogP contribution in [0.1, 0.15) is 12.1 Å². The SMILES string of the molecule is CN(CCCc1cc(-c2ccccc2)n[nH]1)C(=O)C1COCCN1.Cl. The third kappa shape index (κ3) is 5.29. The van der Waals surface area contributed by atoms with E-state index in [0.29, 0.717) is 13.2 Å². The molecule has 0 spiro atoms. The second kappa shape index (κ2) is 9.56. The molecule has 1 aromatic heterocycles. The quantitative estimate of drug-likeness (QED) is 0.821. The fourth-order valence-electron chi connectivity index (χ4n) is 2.85. The van der Waals surface area contributed by atoms with Crippen molar-refractivity contribution in [1.29, 1.82) is 0 Å². The highest BCUT2D eigenvalue weighted by Gasteiger charge is 2.23. The van der Waals surface area contributed by atoms with E-state index in [0.717, 1.165) is 42.9 Å². The first-order valence-corrected chi connectivity index (χ1v) is 8.40. The number of benzene rings is 1. The van der Waals surface area contributed by atoms with Gasteiger partial charge in [0.05, 0.1) is 18.9 Å². The summed E-state index contributed by atoms with van der Waals surface area (Å²) in [6.45, 7) is 2.60. The maximum atomic E-state index is 12.3. The van der Waals surface area contributed by atoms with Crippen LogP contribution >= 0.6 is 12.4 Å². The molecule has 2 N–H and O–H groups in total. The number of aromatic amines is 1. The van der Waals surface area contributed by atoms with Crippen molar-refractivity contribution in [3.8, 4) is 11.3 Å². The highest BCUT2D eigenvalue weighted by Crippen LogP contribution is 2.17. The summed E-state index contributed by atoms with van der Waals surface area (Å²) in [5.41, 5.74) is 3.16. The van der Waals surface area contributed by atoms with Crippen LogP contribution in [-0.2, 0) is 16.0 Å². The van der Waals surface area contributed by atoms with E-state index in [1.165, 1.54) is 0 Å². The molecule has 1 atom stereocenters. The average molecular weight is 365 g/mol. The van der Waals surface area contributed by atoms with Crippen LogP contribution < -0.4 is 5.32 Å². The zero-order chi connectivity index (χ0) is 16.8. The van der Waals surface area contributed by atoms with Gasteiger partial charge in [-0.1, -0.05) is 30.3 Å². The van der Waals surface area contributed by atoms with E-state index < -0.39 is 0 Å². The van der Waals surface area contributed by atoms with Crippen LogP contribution in [0.4, 0.5) is 0 Å². The topological polar surface area (TPSA) is 70.2 Å². The van der Waals surface area contributed by atoms with Crippen LogP contribution in [0.15, 0.2) is 36.4 Å². The standard InChI is InChI=1S/C18H24N4O2.ClH/c1-22(18(23)17-13-24-11-9-19-17)10-5-8-15-12-16(21-20-15)14-6-3-2-4-7-14;/h2-4,6-7,12,17,19H,5,8-11,13H2,1H3,(H,20,21);1H. The monoisotopic (exact) mass is 364 g/mol. The summed E-state index contributed by atoms with van der Waals surface area (Å²) >= 11 is 0. The zero-order valence-corrected chi connectivity index (χ0v) is 15.2. The fourth-order valence-corrected chi connectivity index (χ4v) is 2.85. The number of amides is 1. The number of morpholine rings is 1. The molecule has 1 aromatic carbocycles. The van der Waals surface area contributed by atoms with E-state index in [1.807, 2.05) is 37.4 Å². The minimum Gasteiger partial charge on any atom is -0.378 e. The van der Waals surface area contributed by atoms with Gasteiger partial charge in [0.1, 0.15) is 6.04 Å². The van der Waals surface area contributed by atoms with Gasteiger partial charge in [-0.25, -0.2) is 0 Å². The van der Waals surface area contributed by atoms with Crippen LogP contribution in [0.2, 0.25) is 0 Å². The van der Waals surface area contributed by atoms with Gasteiger partial charge in [0.2, 0.25) is 5.91 Å². The Morgan fingerprint density at radius 2 is 2.16 bits per heavy atom. The number of rotatable bonds is 6. The Labute approximate surface area is 154 Å². The first kappa shape index (κ1) is 19.4. The predicted molar refractivity (Wildman–Crippen MR) is 99.8 cm³/mol. The molecule has 1 fully saturated rings. The van der Waals surface area contributed by atoms with Crippen molar-refractivity contribution in [2.75, 3.05) is 33.4 Å². The molecule has 1 aliphatic heterocycles. The molecule has 25 heavy (non-hydrogen) atoms. The highest BCUT2D eigenvalue weighted by molar-refractivity contribution is 5.85. The van der Waals surface area contributed by atoms with Crippen molar-refractivity contribution in [3.63, 3.8) is 0 Å². The second-order valence-corrected chi connectivity index (χ2v) is 6.09. The maximum absolute atomic E-state index is 12.3. The number of hydrogen-bond acceptors (Lipinski definition) is 4. The lowest BCUT2D eigenvalue weighted by Gasteiger charge is -2.27. The third-order valence-corrected chi connectivity index (χ3v) is 4.24. The van der Waals surface area contributed by atoms with E-state index in [2.05, 4.69) is 21.6 Å². The largest absolute Gasteiger partial charge is 0.378 e. The normalized spacial score (nSPS) is 16.9. The molecule has 1 unspecified atom stereocenters. The summed E-state index contributed by atoms with van der Waals surface area (Å²) in [5, 5.41) is 10.6. The van der Waals surface area contributed by atoms with Gasteiger partial charge in [-0.15, -0.1) is 12.4 Å². The fraction of sp³-hybridized carbons (Fsp3) is 0.444. The number of H-pyrrole nitrogens is 1. The van der Waals surface area contributed by atoms with Gasteiger partial charge in [-0.05, 0) is 18.9 Å². The Balaban J connectivity index is 0.00000225. The van der Waals surface area contributed by atoms with Crippen LogP contribution in [0.25, 0.3) is 11.3 Å². The summed E-state index contributed by atoms with van der Waals surface area (Å²) in [4.78, 5) is 14.1. The molecule has 2 aromatic rings. The number of likely N-dealkylation sites (N-methyl/N-ethyl adjacent to an activating group) is 1. The van der Waals surface area contributed by atoms with Crippen LogP contribution in [0.3, 0.4) is 0 Å². The molecule has 136 valence electrons. The van der Waals surface area contributed by atoms with Gasteiger partial charge in [0.25, 0.3) is 0 Å². The molecule has 0 aliphatic carbocycles. The molecule has 1 amide bonds. The summed E-state index contributed by atoms with van der Waals surface area (Å²) < 4.78 is 5.35. The Morgan fingerprint density at radius 1 is 1.36 bits per heavy atom. The zero-order valence-electron chi connectivity index (χ0n) is 14.4. The lowest BCUT2D eigenvalue weighted by Crippen LogP contribution is -2.51. The summed E-state index contributed by atoms with van der Waals surface area (Å²) in [6.07, 6.45) is 1.76. The van der Waals surface area contributed by atoms with Gasteiger partial charge in [-0.2, -0.15) is 5.10 Å². The molecule has 0 bridgehead atoms. The molecular formula is C18H25ClN4O2. The molecule has 3 rings (SSSR count). The molecule has 2 heterocycles. The number of nitrogens with zero attached hydrogens (tertiary/aromatic N) is 2. The van der Waals surface area contributed by atoms with Crippen LogP contribution in [-0.4, -0.2) is 60.4 Å². The first-order valence-electron chi connectivity index (χ1n) is 8.40. The van der Waals surface area contributed by atoms with E-state index >= 15 is 0 Å². The van der Waals surface area contributed by atoms with Gasteiger partial charge in [-0.3, -0.25) is 9.89 Å². The summed E-state index contributed by atoms with van der Waals surface area (Å²) in [6, 6.07) is 12.0. The third-order valence-electron chi connectivity index (χ3n) is 4.24. The number of carbonyl (C=O) groups excluding carboxylic acids is 1. The number of halogens is 1. The minimum absolute atomic E-state index is 0. The van der Waals surface area contributed by atoms with E-state index in [9.17, 15) is 4.79 Å². The molecule has 0 radical (unpaired) electrons. The Bertz CT molecular complexity index is 656. The summed E-state index contributed by atoms with van der Waals surface area (Å²) in [5.74, 6) is 0.101. The Kier molecular flexibility index (Phi) is 7.43. The van der Waals surface area contributed by atoms with E-state index in [4.69, 9.17) is 4.74 Å². The van der Waals surface area contributed by atoms with Gasteiger partial charge in [0, 0.05) is 31.4 Å². The van der Waals surface area contributed by atoms with Gasteiger partial charge < -0.3 is 15.0 Å². The number of carbonyl (C=O) groups is 1. The Morgan fingerprint density at radius 3 is 2.88 bits per heavy atom. The van der Waals surface area contributed by atoms with Crippen molar-refractivity contribution in [2.24, 2.45) is 0 Å². The lowest BCUT2D eigenvalue weighted by atomic mass is 10.1. The van der Waals surface area contributed by atoms with Crippen molar-refractivity contribution in [1.82, 2.24) is 20.4 Å². The van der Waals surface area contributed by atoms with Crippen molar-refractivity contribution in [3.05, 3.63) is 42.1 Å². The van der Waals surface area contributed by atoms with Gasteiger partial charge >= 0.3 is 0 Å². The lowest BCUT2D eigenvalue weighted by molar-refractivity contribution is -0.135. The number of hydrogen-bond donors (Lipinski definition) is 2. The molecule has 0 saturated carbocycles. The van der Waals surface area contributed by atoms with E-state index in [1.54, 1.807) is 4.90 Å². The number of nitrogens with one attached hydrogen (secondary N) is 2. The second-order valence-electron chi connectivity index (χ2n) is 6.09. The average Bonchev–Trinajstić information content (AvgIpc) is 3.11. The van der Waals surface area contributed by atoms with Crippen LogP contribution in [0.5, 0.6) is 0 Å².